The van der Waals surface area contributed by atoms with Crippen molar-refractivity contribution in [1.82, 2.24) is 9.80 Å². The highest BCUT2D eigenvalue weighted by atomic mass is 16.6. The van der Waals surface area contributed by atoms with Gasteiger partial charge in [0.15, 0.2) is 36.0 Å². The predicted octanol–water partition coefficient (Wildman–Crippen LogP) is 9.22. The first-order chi connectivity index (χ1) is 34.6. The topological polar surface area (TPSA) is 189 Å². The molecule has 1 aliphatic heterocycles. The molecule has 1 fully saturated rings. The molecule has 2 aromatic rings. The van der Waals surface area contributed by atoms with Crippen LogP contribution in [-0.2, 0) is 70.1 Å². The Labute approximate surface area is 441 Å². The molecule has 15 heteroatoms. The lowest BCUT2D eigenvalue weighted by molar-refractivity contribution is -0.174. The van der Waals surface area contributed by atoms with Crippen molar-refractivity contribution in [2.75, 3.05) is 14.1 Å². The molecule has 10 atom stereocenters. The van der Waals surface area contributed by atoms with Gasteiger partial charge in [-0.15, -0.1) is 0 Å². The number of benzene rings is 2. The highest BCUT2D eigenvalue weighted by Crippen LogP contribution is 2.31. The first kappa shape index (κ1) is 62.7. The zero-order valence-electron chi connectivity index (χ0n) is 47.2. The van der Waals surface area contributed by atoms with E-state index < -0.39 is 107 Å². The molecule has 2 amide bonds. The molecule has 4 unspecified atom stereocenters. The normalized spacial score (nSPS) is 26.1. The van der Waals surface area contributed by atoms with Gasteiger partial charge in [-0.05, 0) is 100 Å². The summed E-state index contributed by atoms with van der Waals surface area (Å²) in [7, 11) is 2.83. The van der Waals surface area contributed by atoms with E-state index in [1.54, 1.807) is 62.4 Å². The molecule has 74 heavy (non-hydrogen) atoms. The molecule has 0 bridgehead atoms. The van der Waals surface area contributed by atoms with Gasteiger partial charge in [-0.3, -0.25) is 28.8 Å². The third-order valence-corrected chi connectivity index (χ3v) is 13.7. The van der Waals surface area contributed by atoms with Crippen LogP contribution in [-0.4, -0.2) is 114 Å². The van der Waals surface area contributed by atoms with Gasteiger partial charge in [-0.25, -0.2) is 9.59 Å². The molecule has 1 saturated heterocycles. The Morgan fingerprint density at radius 1 is 0.486 bits per heavy atom. The number of carbonyl (C=O) groups excluding carboxylic acids is 8. The number of ketones is 2. The van der Waals surface area contributed by atoms with Crippen molar-refractivity contribution in [2.24, 2.45) is 47.3 Å². The van der Waals surface area contributed by atoms with E-state index in [9.17, 15) is 38.4 Å². The van der Waals surface area contributed by atoms with Crippen molar-refractivity contribution in [1.29, 1.82) is 0 Å². The van der Waals surface area contributed by atoms with Crippen LogP contribution in [0, 0.1) is 47.3 Å². The largest absolute Gasteiger partial charge is 0.491 e. The fraction of sp³-hybridized carbons (Fsp3) is 0.661. The molecule has 1 heterocycles. The van der Waals surface area contributed by atoms with Crippen molar-refractivity contribution in [3.8, 4) is 5.75 Å². The molecule has 0 aliphatic carbocycles. The van der Waals surface area contributed by atoms with E-state index in [1.807, 2.05) is 75.3 Å². The fourth-order valence-corrected chi connectivity index (χ4v) is 9.42. The van der Waals surface area contributed by atoms with Crippen LogP contribution in [0.4, 0.5) is 0 Å². The Hall–Kier alpha value is -5.60. The van der Waals surface area contributed by atoms with E-state index >= 15 is 0 Å². The molecule has 2 aromatic carbocycles. The highest BCUT2D eigenvalue weighted by Gasteiger charge is 2.44. The van der Waals surface area contributed by atoms with Gasteiger partial charge in [0.2, 0.25) is 0 Å². The molecule has 3 rings (SSSR count). The summed E-state index contributed by atoms with van der Waals surface area (Å²) in [6.07, 6.45) is -4.08. The monoisotopic (exact) mass is 1030 g/mol. The highest BCUT2D eigenvalue weighted by molar-refractivity contribution is 5.95. The lowest BCUT2D eigenvalue weighted by atomic mass is 9.81. The number of likely N-dealkylation sites (N-methyl/N-ethyl adjacent to an activating group) is 2. The Morgan fingerprint density at radius 2 is 0.946 bits per heavy atom. The minimum Gasteiger partial charge on any atom is -0.491 e. The van der Waals surface area contributed by atoms with Gasteiger partial charge in [0.1, 0.15) is 17.8 Å². The third-order valence-electron chi connectivity index (χ3n) is 13.7. The maximum Gasteiger partial charge on any atom is 0.329 e. The van der Waals surface area contributed by atoms with E-state index in [4.69, 9.17) is 23.7 Å². The summed E-state index contributed by atoms with van der Waals surface area (Å²) in [5.41, 5.74) is 1.29. The zero-order chi connectivity index (χ0) is 55.7. The molecular formula is C59H88N2O13. The van der Waals surface area contributed by atoms with Gasteiger partial charge >= 0.3 is 23.9 Å². The second-order valence-electron chi connectivity index (χ2n) is 22.5. The Bertz CT molecular complexity index is 2170. The predicted molar refractivity (Wildman–Crippen MR) is 282 cm³/mol. The third kappa shape index (κ3) is 19.0. The summed E-state index contributed by atoms with van der Waals surface area (Å²) < 4.78 is 30.1. The van der Waals surface area contributed by atoms with Gasteiger partial charge in [-0.1, -0.05) is 125 Å². The van der Waals surface area contributed by atoms with Crippen LogP contribution in [0.1, 0.15) is 147 Å². The molecule has 412 valence electrons. The summed E-state index contributed by atoms with van der Waals surface area (Å²) in [4.78, 5) is 119. The van der Waals surface area contributed by atoms with Crippen LogP contribution in [0.3, 0.4) is 0 Å². The smallest absolute Gasteiger partial charge is 0.329 e. The SMILES string of the molecule is CC(C)CCCC1C(=O)O[C@H](C)C(=O)N(C)[C@@H](CC(C)C)C(=O)O[C@H](Cc2ccc(OC(C)C)cc2)C(=O)C(C)C(CC(C)C)C(=O)O[C@H](C)C(=O)C(C)[C@@H](CC(C)C)C(=O)O[C@H](Cc2ccccc2)C(=O)N1C. The number of cyclic esters (lactones) is 4. The number of nitrogens with zero attached hydrogens (tertiary/aromatic N) is 2. The van der Waals surface area contributed by atoms with Crippen LogP contribution in [0.15, 0.2) is 54.6 Å². The van der Waals surface area contributed by atoms with Crippen molar-refractivity contribution in [2.45, 2.75) is 191 Å². The average Bonchev–Trinajstić information content (AvgIpc) is 3.33. The Kier molecular flexibility index (Phi) is 25.0. The lowest BCUT2D eigenvalue weighted by Crippen LogP contribution is -2.52. The van der Waals surface area contributed by atoms with Gasteiger partial charge in [-0.2, -0.15) is 0 Å². The maximum absolute atomic E-state index is 14.9. The number of hydrogen-bond acceptors (Lipinski definition) is 13. The second kappa shape index (κ2) is 29.5. The van der Waals surface area contributed by atoms with Crippen molar-refractivity contribution in [3.05, 3.63) is 65.7 Å². The van der Waals surface area contributed by atoms with Crippen LogP contribution < -0.4 is 4.74 Å². The molecule has 0 spiro atoms. The van der Waals surface area contributed by atoms with Crippen molar-refractivity contribution in [3.63, 3.8) is 0 Å². The summed E-state index contributed by atoms with van der Waals surface area (Å²) in [5.74, 6) is -9.76. The van der Waals surface area contributed by atoms with E-state index in [1.165, 1.54) is 32.8 Å². The van der Waals surface area contributed by atoms with Gasteiger partial charge in [0.25, 0.3) is 11.8 Å². The zero-order valence-corrected chi connectivity index (χ0v) is 47.2. The number of rotatable bonds is 16. The number of esters is 4. The first-order valence-electron chi connectivity index (χ1n) is 26.8. The number of hydrogen-bond donors (Lipinski definition) is 0. The number of amides is 2. The standard InChI is InChI=1S/C59H88N2O13/c1-34(2)21-20-24-48-58(68)72-42(14)54(64)61(16)49(31-37(7)8)59(69)73-50(32-44-25-27-45(28-26-44)70-38(9)10)53(63)40(12)47(30-36(5)6)56(66)71-41(13)52(62)39(11)46(29-35(3)4)57(67)74-51(55(65)60(48)15)33-43-22-18-17-19-23-43/h17-19,22-23,25-28,34-42,46-51H,20-21,24,29-33H2,1-16H3/t39?,40?,41-,42-,46-,47?,48?,49+,50-,51-/m1/s1. The average molecular weight is 1030 g/mol. The van der Waals surface area contributed by atoms with E-state index in [0.29, 0.717) is 29.7 Å². The molecule has 0 saturated carbocycles. The minimum absolute atomic E-state index is 0.0597. The summed E-state index contributed by atoms with van der Waals surface area (Å²) in [6, 6.07) is 13.5. The van der Waals surface area contributed by atoms with Crippen molar-refractivity contribution >= 4 is 47.3 Å². The molecule has 0 N–H and O–H groups in total. The van der Waals surface area contributed by atoms with Crippen LogP contribution >= 0.6 is 0 Å². The molecule has 0 aromatic heterocycles. The van der Waals surface area contributed by atoms with E-state index in [0.717, 1.165) is 4.90 Å². The molecule has 1 aliphatic rings. The van der Waals surface area contributed by atoms with Crippen LogP contribution in [0.2, 0.25) is 0 Å². The summed E-state index contributed by atoms with van der Waals surface area (Å²) in [6.45, 7) is 25.1. The van der Waals surface area contributed by atoms with Crippen LogP contribution in [0.5, 0.6) is 5.75 Å². The summed E-state index contributed by atoms with van der Waals surface area (Å²) in [5, 5.41) is 0. The number of ether oxygens (including phenoxy) is 5. The lowest BCUT2D eigenvalue weighted by Gasteiger charge is -2.34. The maximum atomic E-state index is 14.9. The molecular weight excluding hydrogens is 945 g/mol. The summed E-state index contributed by atoms with van der Waals surface area (Å²) >= 11 is 0. The number of carbonyl (C=O) groups is 8. The first-order valence-corrected chi connectivity index (χ1v) is 26.8. The number of Topliss-reactive ketones (excluding diaryl/α,β-unsaturated/α-hetero) is 2. The quantitative estimate of drug-likeness (QED) is 0.114. The molecule has 15 nitrogen and oxygen atoms in total. The van der Waals surface area contributed by atoms with Gasteiger partial charge < -0.3 is 33.5 Å². The van der Waals surface area contributed by atoms with E-state index in [2.05, 4.69) is 0 Å². The fourth-order valence-electron chi connectivity index (χ4n) is 9.42. The Balaban J connectivity index is 2.27. The second-order valence-corrected chi connectivity index (χ2v) is 22.5. The minimum atomic E-state index is -1.45. The Morgan fingerprint density at radius 3 is 1.47 bits per heavy atom. The van der Waals surface area contributed by atoms with Crippen LogP contribution in [0.25, 0.3) is 0 Å². The molecule has 0 radical (unpaired) electrons. The van der Waals surface area contributed by atoms with Gasteiger partial charge in [0, 0.05) is 38.8 Å². The van der Waals surface area contributed by atoms with E-state index in [-0.39, 0.29) is 68.3 Å². The van der Waals surface area contributed by atoms with Gasteiger partial charge in [0.05, 0.1) is 17.9 Å². The van der Waals surface area contributed by atoms with Crippen molar-refractivity contribution < 1.29 is 62.0 Å².